The zero-order chi connectivity index (χ0) is 19.6. The molecule has 0 N–H and O–H groups in total. The number of nitrogens with zero attached hydrogens (tertiary/aromatic N) is 4. The number of anilines is 1. The van der Waals surface area contributed by atoms with E-state index in [0.717, 1.165) is 56.9 Å². The van der Waals surface area contributed by atoms with Crippen LogP contribution in [0.25, 0.3) is 10.9 Å². The monoisotopic (exact) mass is 392 g/mol. The lowest BCUT2D eigenvalue weighted by Crippen LogP contribution is -2.39. The minimum Gasteiger partial charge on any atom is -0.490 e. The van der Waals surface area contributed by atoms with Crippen molar-refractivity contribution in [1.82, 2.24) is 14.5 Å². The summed E-state index contributed by atoms with van der Waals surface area (Å²) >= 11 is 0. The topological polar surface area (TPSA) is 52.4 Å². The summed E-state index contributed by atoms with van der Waals surface area (Å²) in [5.41, 5.74) is 3.82. The lowest BCUT2D eigenvalue weighted by molar-refractivity contribution is 0.173. The summed E-state index contributed by atoms with van der Waals surface area (Å²) in [5.74, 6) is 2.14. The lowest BCUT2D eigenvalue weighted by atomic mass is 10.1. The summed E-state index contributed by atoms with van der Waals surface area (Å²) < 4.78 is 13.9. The van der Waals surface area contributed by atoms with E-state index in [-0.39, 0.29) is 6.10 Å². The van der Waals surface area contributed by atoms with Gasteiger partial charge >= 0.3 is 0 Å². The summed E-state index contributed by atoms with van der Waals surface area (Å²) in [5, 5.41) is 1.18. The molecule has 0 bridgehead atoms. The van der Waals surface area contributed by atoms with Crippen LogP contribution in [0.2, 0.25) is 0 Å². The average Bonchev–Trinajstić information content (AvgIpc) is 3.40. The van der Waals surface area contributed by atoms with Gasteiger partial charge in [0.1, 0.15) is 24.0 Å². The van der Waals surface area contributed by atoms with Crippen molar-refractivity contribution in [1.29, 1.82) is 0 Å². The van der Waals surface area contributed by atoms with Crippen LogP contribution in [0.15, 0.2) is 36.8 Å². The van der Waals surface area contributed by atoms with Gasteiger partial charge in [0.2, 0.25) is 0 Å². The molecule has 3 aromatic rings. The minimum atomic E-state index is 0.245. The third-order valence-electron chi connectivity index (χ3n) is 6.20. The number of ether oxygens (including phenoxy) is 2. The van der Waals surface area contributed by atoms with Crippen molar-refractivity contribution in [2.75, 3.05) is 31.7 Å². The Kier molecular flexibility index (Phi) is 5.10. The van der Waals surface area contributed by atoms with Gasteiger partial charge in [0, 0.05) is 62.4 Å². The molecule has 6 nitrogen and oxygen atoms in total. The Balaban J connectivity index is 1.27. The van der Waals surface area contributed by atoms with Crippen molar-refractivity contribution in [3.63, 3.8) is 0 Å². The first-order valence-electron chi connectivity index (χ1n) is 10.6. The number of piperidine rings is 1. The van der Waals surface area contributed by atoms with Crippen molar-refractivity contribution in [3.05, 3.63) is 48.0 Å². The van der Waals surface area contributed by atoms with Gasteiger partial charge < -0.3 is 18.9 Å². The molecule has 0 spiro atoms. The predicted molar refractivity (Wildman–Crippen MR) is 114 cm³/mol. The van der Waals surface area contributed by atoms with Gasteiger partial charge in [-0.15, -0.1) is 0 Å². The van der Waals surface area contributed by atoms with Crippen LogP contribution in [0, 0.1) is 0 Å². The number of fused-ring (bicyclic) bond motifs is 2. The van der Waals surface area contributed by atoms with E-state index in [4.69, 9.17) is 9.47 Å². The first-order chi connectivity index (χ1) is 14.3. The maximum Gasteiger partial charge on any atom is 0.135 e. The molecule has 2 aliphatic rings. The van der Waals surface area contributed by atoms with Crippen LogP contribution in [0.5, 0.6) is 5.75 Å². The standard InChI is InChI=1S/C23H28N4O2/c1-28-15-14-26-13-10-19-21(26)6-3-7-22(19)29-17-8-11-27(12-9-17)23-18-4-2-5-20(18)24-16-25-23/h3,6-7,10,13,16-17H,2,4-5,8-9,11-12,14-15H2,1H3. The Morgan fingerprint density at radius 3 is 2.86 bits per heavy atom. The molecule has 6 heteroatoms. The molecule has 1 fully saturated rings. The maximum absolute atomic E-state index is 6.46. The van der Waals surface area contributed by atoms with E-state index in [9.17, 15) is 0 Å². The van der Waals surface area contributed by atoms with Crippen LogP contribution in [-0.2, 0) is 24.1 Å². The molecule has 1 aliphatic carbocycles. The molecule has 0 radical (unpaired) electrons. The van der Waals surface area contributed by atoms with E-state index < -0.39 is 0 Å². The molecule has 1 saturated heterocycles. The van der Waals surface area contributed by atoms with E-state index in [1.807, 2.05) is 0 Å². The van der Waals surface area contributed by atoms with Crippen molar-refractivity contribution in [3.8, 4) is 5.75 Å². The number of hydrogen-bond acceptors (Lipinski definition) is 5. The lowest BCUT2D eigenvalue weighted by Gasteiger charge is -2.34. The Morgan fingerprint density at radius 2 is 2.00 bits per heavy atom. The number of rotatable bonds is 6. The second-order valence-corrected chi connectivity index (χ2v) is 7.97. The zero-order valence-electron chi connectivity index (χ0n) is 17.0. The van der Waals surface area contributed by atoms with Gasteiger partial charge in [-0.2, -0.15) is 0 Å². The highest BCUT2D eigenvalue weighted by molar-refractivity contribution is 5.86. The van der Waals surface area contributed by atoms with Gasteiger partial charge in [-0.05, 0) is 37.5 Å². The fraction of sp³-hybridized carbons (Fsp3) is 0.478. The van der Waals surface area contributed by atoms with Crippen LogP contribution in [-0.4, -0.2) is 47.4 Å². The molecule has 2 aromatic heterocycles. The predicted octanol–water partition coefficient (Wildman–Crippen LogP) is 3.61. The van der Waals surface area contributed by atoms with Gasteiger partial charge in [0.25, 0.3) is 0 Å². The van der Waals surface area contributed by atoms with E-state index in [1.54, 1.807) is 13.4 Å². The Labute approximate surface area is 171 Å². The summed E-state index contributed by atoms with van der Waals surface area (Å²) in [4.78, 5) is 11.5. The first kappa shape index (κ1) is 18.4. The van der Waals surface area contributed by atoms with Gasteiger partial charge in [-0.1, -0.05) is 6.07 Å². The van der Waals surface area contributed by atoms with Crippen molar-refractivity contribution >= 4 is 16.7 Å². The molecule has 1 aromatic carbocycles. The first-order valence-corrected chi connectivity index (χ1v) is 10.6. The van der Waals surface area contributed by atoms with Crippen LogP contribution >= 0.6 is 0 Å². The molecule has 0 saturated carbocycles. The minimum absolute atomic E-state index is 0.245. The highest BCUT2D eigenvalue weighted by Gasteiger charge is 2.26. The molecular formula is C23H28N4O2. The van der Waals surface area contributed by atoms with Gasteiger partial charge in [-0.3, -0.25) is 0 Å². The van der Waals surface area contributed by atoms with Crippen LogP contribution < -0.4 is 9.64 Å². The number of aromatic nitrogens is 3. The molecule has 0 amide bonds. The zero-order valence-corrected chi connectivity index (χ0v) is 17.0. The largest absolute Gasteiger partial charge is 0.490 e. The molecule has 5 rings (SSSR count). The molecule has 1 aliphatic heterocycles. The third-order valence-corrected chi connectivity index (χ3v) is 6.20. The normalized spacial score (nSPS) is 17.1. The highest BCUT2D eigenvalue weighted by atomic mass is 16.5. The number of benzene rings is 1. The molecular weight excluding hydrogens is 364 g/mol. The second-order valence-electron chi connectivity index (χ2n) is 7.97. The van der Waals surface area contributed by atoms with Gasteiger partial charge in [0.05, 0.1) is 12.1 Å². The highest BCUT2D eigenvalue weighted by Crippen LogP contribution is 2.32. The number of aryl methyl sites for hydroxylation is 1. The SMILES string of the molecule is COCCn1ccc2c(OC3CCN(c4ncnc5c4CCC5)CC3)cccc21. The van der Waals surface area contributed by atoms with Crippen molar-refractivity contribution in [2.45, 2.75) is 44.8 Å². The quantitative estimate of drug-likeness (QED) is 0.641. The molecule has 152 valence electrons. The summed E-state index contributed by atoms with van der Waals surface area (Å²) in [6.07, 6.45) is 9.54. The summed E-state index contributed by atoms with van der Waals surface area (Å²) in [6.45, 7) is 3.53. The van der Waals surface area contributed by atoms with Crippen molar-refractivity contribution in [2.24, 2.45) is 0 Å². The van der Waals surface area contributed by atoms with E-state index in [2.05, 4.69) is 49.9 Å². The summed E-state index contributed by atoms with van der Waals surface area (Å²) in [6, 6.07) is 8.47. The maximum atomic E-state index is 6.46. The smallest absolute Gasteiger partial charge is 0.135 e. The van der Waals surface area contributed by atoms with E-state index in [1.165, 1.54) is 28.6 Å². The average molecular weight is 393 g/mol. The Bertz CT molecular complexity index is 992. The van der Waals surface area contributed by atoms with Crippen LogP contribution in [0.4, 0.5) is 5.82 Å². The summed E-state index contributed by atoms with van der Waals surface area (Å²) in [7, 11) is 1.74. The van der Waals surface area contributed by atoms with Gasteiger partial charge in [0.15, 0.2) is 0 Å². The van der Waals surface area contributed by atoms with Gasteiger partial charge in [-0.25, -0.2) is 9.97 Å². The molecule has 29 heavy (non-hydrogen) atoms. The van der Waals surface area contributed by atoms with E-state index in [0.29, 0.717) is 6.61 Å². The molecule has 0 unspecified atom stereocenters. The van der Waals surface area contributed by atoms with Crippen LogP contribution in [0.1, 0.15) is 30.5 Å². The van der Waals surface area contributed by atoms with Crippen molar-refractivity contribution < 1.29 is 9.47 Å². The van der Waals surface area contributed by atoms with Crippen LogP contribution in [0.3, 0.4) is 0 Å². The molecule has 3 heterocycles. The Morgan fingerprint density at radius 1 is 1.10 bits per heavy atom. The fourth-order valence-corrected chi connectivity index (χ4v) is 4.66. The third kappa shape index (κ3) is 3.57. The number of methoxy groups -OCH3 is 1. The van der Waals surface area contributed by atoms with E-state index >= 15 is 0 Å². The molecule has 0 atom stereocenters. The fourth-order valence-electron chi connectivity index (χ4n) is 4.66. The second kappa shape index (κ2) is 8.03. The Hall–Kier alpha value is -2.60. The number of hydrogen-bond donors (Lipinski definition) is 0.